The van der Waals surface area contributed by atoms with Crippen molar-refractivity contribution in [3.05, 3.63) is 10.9 Å². The van der Waals surface area contributed by atoms with Gasteiger partial charge in [0.2, 0.25) is 0 Å². The highest BCUT2D eigenvalue weighted by Gasteiger charge is 2.22. The molecule has 2 aromatic rings. The van der Waals surface area contributed by atoms with Gasteiger partial charge in [-0.2, -0.15) is 5.10 Å². The second-order valence-electron chi connectivity index (χ2n) is 5.96. The van der Waals surface area contributed by atoms with Crippen molar-refractivity contribution >= 4 is 32.8 Å². The van der Waals surface area contributed by atoms with Crippen LogP contribution in [0.4, 0.5) is 5.82 Å². The number of aromatic nitrogens is 4. The van der Waals surface area contributed by atoms with Gasteiger partial charge < -0.3 is 10.4 Å². The van der Waals surface area contributed by atoms with Crippen LogP contribution in [0.5, 0.6) is 0 Å². The third kappa shape index (κ3) is 2.93. The van der Waals surface area contributed by atoms with Crippen LogP contribution in [0.25, 0.3) is 11.0 Å². The number of anilines is 1. The molecule has 0 aliphatic heterocycles. The van der Waals surface area contributed by atoms with Gasteiger partial charge in [-0.3, -0.25) is 0 Å². The number of fused-ring (bicyclic) bond motifs is 1. The summed E-state index contributed by atoms with van der Waals surface area (Å²) in [6.07, 6.45) is 1.53. The Morgan fingerprint density at radius 2 is 2.10 bits per heavy atom. The van der Waals surface area contributed by atoms with Crippen molar-refractivity contribution in [2.45, 2.75) is 33.2 Å². The SMILES string of the molecule is C[C@@H](CO)CNc1ncnc2c1c(Br)nn2C(C)(C)C. The topological polar surface area (TPSA) is 75.9 Å². The van der Waals surface area contributed by atoms with Crippen LogP contribution >= 0.6 is 15.9 Å². The van der Waals surface area contributed by atoms with Crippen molar-refractivity contribution < 1.29 is 5.11 Å². The Kier molecular flexibility index (Phi) is 4.29. The maximum atomic E-state index is 9.09. The van der Waals surface area contributed by atoms with E-state index in [0.717, 1.165) is 21.5 Å². The van der Waals surface area contributed by atoms with Gasteiger partial charge in [0.05, 0.1) is 10.9 Å². The summed E-state index contributed by atoms with van der Waals surface area (Å²) in [5.74, 6) is 0.897. The first kappa shape index (κ1) is 15.2. The molecule has 0 amide bonds. The Hall–Kier alpha value is -1.21. The van der Waals surface area contributed by atoms with E-state index < -0.39 is 0 Å². The summed E-state index contributed by atoms with van der Waals surface area (Å²) >= 11 is 3.48. The third-order valence-electron chi connectivity index (χ3n) is 2.99. The lowest BCUT2D eigenvalue weighted by Gasteiger charge is -2.19. The first-order valence-electron chi connectivity index (χ1n) is 6.59. The Bertz CT molecular complexity index is 605. The van der Waals surface area contributed by atoms with Gasteiger partial charge in [0.1, 0.15) is 16.7 Å². The zero-order valence-corrected chi connectivity index (χ0v) is 13.8. The molecule has 0 radical (unpaired) electrons. The van der Waals surface area contributed by atoms with Crippen LogP contribution in [0.3, 0.4) is 0 Å². The number of halogens is 1. The van der Waals surface area contributed by atoms with Crippen LogP contribution in [-0.2, 0) is 5.54 Å². The van der Waals surface area contributed by atoms with Gasteiger partial charge >= 0.3 is 0 Å². The van der Waals surface area contributed by atoms with E-state index in [0.29, 0.717) is 6.54 Å². The molecule has 1 atom stereocenters. The quantitative estimate of drug-likeness (QED) is 0.892. The van der Waals surface area contributed by atoms with Gasteiger partial charge in [-0.25, -0.2) is 14.6 Å². The van der Waals surface area contributed by atoms with Crippen LogP contribution < -0.4 is 5.32 Å². The Morgan fingerprint density at radius 1 is 1.40 bits per heavy atom. The summed E-state index contributed by atoms with van der Waals surface area (Å²) < 4.78 is 2.61. The van der Waals surface area contributed by atoms with Crippen LogP contribution in [-0.4, -0.2) is 38.0 Å². The molecule has 110 valence electrons. The highest BCUT2D eigenvalue weighted by Crippen LogP contribution is 2.30. The molecule has 0 aliphatic rings. The lowest BCUT2D eigenvalue weighted by molar-refractivity contribution is 0.244. The summed E-state index contributed by atoms with van der Waals surface area (Å²) in [5, 5.41) is 17.7. The zero-order chi connectivity index (χ0) is 14.9. The normalized spacial score (nSPS) is 13.7. The van der Waals surface area contributed by atoms with Gasteiger partial charge in [0.15, 0.2) is 5.65 Å². The zero-order valence-electron chi connectivity index (χ0n) is 12.2. The van der Waals surface area contributed by atoms with E-state index in [9.17, 15) is 0 Å². The van der Waals surface area contributed by atoms with E-state index in [1.165, 1.54) is 6.33 Å². The lowest BCUT2D eigenvalue weighted by Crippen LogP contribution is -2.23. The molecule has 2 heterocycles. The molecule has 0 aliphatic carbocycles. The highest BCUT2D eigenvalue weighted by molar-refractivity contribution is 9.10. The lowest BCUT2D eigenvalue weighted by atomic mass is 10.1. The van der Waals surface area contributed by atoms with Crippen LogP contribution in [0, 0.1) is 5.92 Å². The van der Waals surface area contributed by atoms with Gasteiger partial charge in [0.25, 0.3) is 0 Å². The third-order valence-corrected chi connectivity index (χ3v) is 3.54. The van der Waals surface area contributed by atoms with Crippen molar-refractivity contribution in [2.75, 3.05) is 18.5 Å². The summed E-state index contributed by atoms with van der Waals surface area (Å²) in [6.45, 7) is 9.00. The second-order valence-corrected chi connectivity index (χ2v) is 6.71. The van der Waals surface area contributed by atoms with Crippen molar-refractivity contribution in [2.24, 2.45) is 5.92 Å². The number of nitrogens with one attached hydrogen (secondary N) is 1. The molecule has 0 saturated heterocycles. The molecular formula is C13H20BrN5O. The van der Waals surface area contributed by atoms with E-state index in [2.05, 4.69) is 57.1 Å². The van der Waals surface area contributed by atoms with E-state index in [1.54, 1.807) is 0 Å². The average Bonchev–Trinajstić information content (AvgIpc) is 2.74. The average molecular weight is 342 g/mol. The molecule has 20 heavy (non-hydrogen) atoms. The molecule has 7 heteroatoms. The predicted molar refractivity (Wildman–Crippen MR) is 82.8 cm³/mol. The standard InChI is InChI=1S/C13H20BrN5O/c1-8(6-20)5-15-11-9-10(14)18-19(13(2,3)4)12(9)17-7-16-11/h7-8,20H,5-6H2,1-4H3,(H,15,16,17)/t8-/m1/s1. The van der Waals surface area contributed by atoms with E-state index in [-0.39, 0.29) is 18.1 Å². The molecule has 2 rings (SSSR count). The maximum Gasteiger partial charge on any atom is 0.165 e. The number of hydrogen-bond acceptors (Lipinski definition) is 5. The van der Waals surface area contributed by atoms with Crippen LogP contribution in [0.2, 0.25) is 0 Å². The molecule has 0 unspecified atom stereocenters. The molecular weight excluding hydrogens is 322 g/mol. The smallest absolute Gasteiger partial charge is 0.165 e. The van der Waals surface area contributed by atoms with Crippen LogP contribution in [0.1, 0.15) is 27.7 Å². The van der Waals surface area contributed by atoms with Crippen molar-refractivity contribution in [1.29, 1.82) is 0 Å². The Balaban J connectivity index is 2.45. The van der Waals surface area contributed by atoms with E-state index in [4.69, 9.17) is 5.11 Å². The molecule has 2 aromatic heterocycles. The number of aliphatic hydroxyl groups is 1. The fourth-order valence-corrected chi connectivity index (χ4v) is 2.37. The fourth-order valence-electron chi connectivity index (χ4n) is 1.85. The predicted octanol–water partition coefficient (Wildman–Crippen LogP) is 2.38. The number of nitrogens with zero attached hydrogens (tertiary/aromatic N) is 4. The van der Waals surface area contributed by atoms with Crippen LogP contribution in [0.15, 0.2) is 10.9 Å². The molecule has 0 saturated carbocycles. The minimum Gasteiger partial charge on any atom is -0.396 e. The molecule has 0 aromatic carbocycles. The molecule has 0 fully saturated rings. The number of rotatable bonds is 4. The Labute approximate surface area is 126 Å². The van der Waals surface area contributed by atoms with Gasteiger partial charge in [-0.05, 0) is 42.6 Å². The van der Waals surface area contributed by atoms with E-state index >= 15 is 0 Å². The summed E-state index contributed by atoms with van der Waals surface area (Å²) in [7, 11) is 0. The monoisotopic (exact) mass is 341 g/mol. The summed E-state index contributed by atoms with van der Waals surface area (Å²) in [6, 6.07) is 0. The van der Waals surface area contributed by atoms with Crippen molar-refractivity contribution in [3.8, 4) is 0 Å². The first-order valence-corrected chi connectivity index (χ1v) is 7.38. The largest absolute Gasteiger partial charge is 0.396 e. The maximum absolute atomic E-state index is 9.09. The molecule has 6 nitrogen and oxygen atoms in total. The number of aliphatic hydroxyl groups excluding tert-OH is 1. The van der Waals surface area contributed by atoms with Gasteiger partial charge in [0, 0.05) is 13.2 Å². The highest BCUT2D eigenvalue weighted by atomic mass is 79.9. The Morgan fingerprint density at radius 3 is 2.70 bits per heavy atom. The fraction of sp³-hybridized carbons (Fsp3) is 0.615. The number of hydrogen-bond donors (Lipinski definition) is 2. The minimum atomic E-state index is -0.158. The molecule has 0 spiro atoms. The summed E-state index contributed by atoms with van der Waals surface area (Å²) in [5.41, 5.74) is 0.632. The molecule has 2 N–H and O–H groups in total. The van der Waals surface area contributed by atoms with Gasteiger partial charge in [-0.15, -0.1) is 0 Å². The van der Waals surface area contributed by atoms with Crippen molar-refractivity contribution in [3.63, 3.8) is 0 Å². The van der Waals surface area contributed by atoms with Crippen molar-refractivity contribution in [1.82, 2.24) is 19.7 Å². The van der Waals surface area contributed by atoms with E-state index in [1.807, 2.05) is 11.6 Å². The first-order chi connectivity index (χ1) is 9.34. The molecule has 0 bridgehead atoms. The minimum absolute atomic E-state index is 0.143. The summed E-state index contributed by atoms with van der Waals surface area (Å²) in [4.78, 5) is 8.63. The second kappa shape index (κ2) is 5.65. The van der Waals surface area contributed by atoms with Gasteiger partial charge in [-0.1, -0.05) is 6.92 Å².